The molecule has 1 heterocycles. The Labute approximate surface area is 112 Å². The van der Waals surface area contributed by atoms with Crippen molar-refractivity contribution in [3.8, 4) is 0 Å². The van der Waals surface area contributed by atoms with Gasteiger partial charge in [0.15, 0.2) is 0 Å². The molecule has 0 atom stereocenters. The minimum Gasteiger partial charge on any atom is -0.326 e. The Bertz CT molecular complexity index is 670. The van der Waals surface area contributed by atoms with E-state index < -0.39 is 10.0 Å². The maximum Gasteiger partial charge on any atom is 0.262 e. The summed E-state index contributed by atoms with van der Waals surface area (Å²) in [5.74, 6) is 0. The molecule has 0 aliphatic rings. The Morgan fingerprint density at radius 2 is 2.11 bits per heavy atom. The van der Waals surface area contributed by atoms with Crippen LogP contribution in [-0.4, -0.2) is 13.4 Å². The summed E-state index contributed by atoms with van der Waals surface area (Å²) < 4.78 is 27.0. The quantitative estimate of drug-likeness (QED) is 0.889. The number of hydrogen-bond acceptors (Lipinski definition) is 4. The summed E-state index contributed by atoms with van der Waals surface area (Å²) in [5, 5.41) is 0. The minimum atomic E-state index is -3.60. The van der Waals surface area contributed by atoms with Crippen molar-refractivity contribution < 1.29 is 8.42 Å². The summed E-state index contributed by atoms with van der Waals surface area (Å²) in [6.07, 6.45) is 3.04. The van der Waals surface area contributed by atoms with Gasteiger partial charge in [0.2, 0.25) is 0 Å². The molecule has 0 unspecified atom stereocenters. The van der Waals surface area contributed by atoms with Gasteiger partial charge in [-0.25, -0.2) is 8.42 Å². The Hall–Kier alpha value is -1.92. The zero-order chi connectivity index (χ0) is 13.9. The molecule has 0 aliphatic heterocycles. The van der Waals surface area contributed by atoms with Gasteiger partial charge in [-0.1, -0.05) is 12.1 Å². The van der Waals surface area contributed by atoms with Crippen LogP contribution < -0.4 is 10.5 Å². The molecule has 3 N–H and O–H groups in total. The van der Waals surface area contributed by atoms with Crippen LogP contribution in [0.25, 0.3) is 0 Å². The number of nitrogens with zero attached hydrogens (tertiary/aromatic N) is 1. The molecule has 1 aromatic heterocycles. The number of aromatic nitrogens is 1. The van der Waals surface area contributed by atoms with E-state index in [-0.39, 0.29) is 4.90 Å². The fraction of sp³-hybridized carbons (Fsp3) is 0.154. The fourth-order valence-electron chi connectivity index (χ4n) is 1.77. The van der Waals surface area contributed by atoms with Crippen LogP contribution in [0.1, 0.15) is 11.1 Å². The molecule has 0 saturated heterocycles. The van der Waals surface area contributed by atoms with Crippen molar-refractivity contribution in [1.29, 1.82) is 0 Å². The lowest BCUT2D eigenvalue weighted by atomic mass is 10.1. The van der Waals surface area contributed by atoms with Crippen LogP contribution in [0.4, 0.5) is 5.69 Å². The number of nitrogens with two attached hydrogens (primary N) is 1. The van der Waals surface area contributed by atoms with Gasteiger partial charge in [-0.05, 0) is 36.2 Å². The second kappa shape index (κ2) is 5.38. The molecular weight excluding hydrogens is 262 g/mol. The molecule has 1 aromatic carbocycles. The number of rotatable bonds is 4. The Kier molecular flexibility index (Phi) is 3.82. The lowest BCUT2D eigenvalue weighted by molar-refractivity contribution is 0.600. The molecule has 2 rings (SSSR count). The van der Waals surface area contributed by atoms with Gasteiger partial charge in [0.1, 0.15) is 0 Å². The van der Waals surface area contributed by atoms with Crippen LogP contribution >= 0.6 is 0 Å². The Balaban J connectivity index is 2.35. The van der Waals surface area contributed by atoms with Gasteiger partial charge >= 0.3 is 0 Å². The maximum atomic E-state index is 12.3. The molecule has 5 nitrogen and oxygen atoms in total. The van der Waals surface area contributed by atoms with Crippen LogP contribution in [0.3, 0.4) is 0 Å². The van der Waals surface area contributed by atoms with Crippen molar-refractivity contribution in [3.63, 3.8) is 0 Å². The molecule has 2 aromatic rings. The first kappa shape index (κ1) is 13.5. The third-order valence-electron chi connectivity index (χ3n) is 2.68. The SMILES string of the molecule is Cc1cc(CN)ccc1S(=O)(=O)Nc1cccnc1. The summed E-state index contributed by atoms with van der Waals surface area (Å²) in [6, 6.07) is 8.37. The standard InChI is InChI=1S/C13H15N3O2S/c1-10-7-11(8-14)4-5-13(10)19(17,18)16-12-3-2-6-15-9-12/h2-7,9,16H,8,14H2,1H3. The number of anilines is 1. The number of pyridine rings is 1. The van der Waals surface area contributed by atoms with Gasteiger partial charge in [-0.2, -0.15) is 0 Å². The molecule has 0 fully saturated rings. The largest absolute Gasteiger partial charge is 0.326 e. The monoisotopic (exact) mass is 277 g/mol. The van der Waals surface area contributed by atoms with E-state index in [1.165, 1.54) is 6.20 Å². The highest BCUT2D eigenvalue weighted by Gasteiger charge is 2.16. The average molecular weight is 277 g/mol. The van der Waals surface area contributed by atoms with Crippen molar-refractivity contribution in [3.05, 3.63) is 53.9 Å². The molecule has 100 valence electrons. The molecule has 0 radical (unpaired) electrons. The first-order valence-electron chi connectivity index (χ1n) is 5.75. The lowest BCUT2D eigenvalue weighted by Crippen LogP contribution is -2.14. The lowest BCUT2D eigenvalue weighted by Gasteiger charge is -2.11. The normalized spacial score (nSPS) is 11.3. The number of hydrogen-bond donors (Lipinski definition) is 2. The van der Waals surface area contributed by atoms with Crippen molar-refractivity contribution in [2.45, 2.75) is 18.4 Å². The van der Waals surface area contributed by atoms with Crippen LogP contribution in [0.5, 0.6) is 0 Å². The average Bonchev–Trinajstić information content (AvgIpc) is 2.38. The highest BCUT2D eigenvalue weighted by Crippen LogP contribution is 2.19. The van der Waals surface area contributed by atoms with Crippen LogP contribution in [0.15, 0.2) is 47.6 Å². The second-order valence-corrected chi connectivity index (χ2v) is 5.80. The number of aryl methyl sites for hydroxylation is 1. The molecule has 0 saturated carbocycles. The van der Waals surface area contributed by atoms with Crippen molar-refractivity contribution in [1.82, 2.24) is 4.98 Å². The smallest absolute Gasteiger partial charge is 0.262 e. The highest BCUT2D eigenvalue weighted by atomic mass is 32.2. The first-order chi connectivity index (χ1) is 9.03. The molecule has 0 aliphatic carbocycles. The summed E-state index contributed by atoms with van der Waals surface area (Å²) in [5.41, 5.74) is 7.53. The highest BCUT2D eigenvalue weighted by molar-refractivity contribution is 7.92. The zero-order valence-corrected chi connectivity index (χ0v) is 11.3. The summed E-state index contributed by atoms with van der Waals surface area (Å²) in [7, 11) is -3.60. The Morgan fingerprint density at radius 3 is 2.68 bits per heavy atom. The van der Waals surface area contributed by atoms with E-state index in [1.54, 1.807) is 43.5 Å². The second-order valence-electron chi connectivity index (χ2n) is 4.15. The zero-order valence-electron chi connectivity index (χ0n) is 10.5. The summed E-state index contributed by atoms with van der Waals surface area (Å²) >= 11 is 0. The molecular formula is C13H15N3O2S. The van der Waals surface area contributed by atoms with Crippen LogP contribution in [0.2, 0.25) is 0 Å². The van der Waals surface area contributed by atoms with Gasteiger partial charge in [-0.15, -0.1) is 0 Å². The van der Waals surface area contributed by atoms with Gasteiger partial charge in [0.25, 0.3) is 10.0 Å². The number of sulfonamides is 1. The van der Waals surface area contributed by atoms with E-state index in [0.717, 1.165) is 5.56 Å². The third-order valence-corrected chi connectivity index (χ3v) is 4.22. The minimum absolute atomic E-state index is 0.244. The van der Waals surface area contributed by atoms with Gasteiger partial charge in [0, 0.05) is 12.7 Å². The topological polar surface area (TPSA) is 85.1 Å². The summed E-state index contributed by atoms with van der Waals surface area (Å²) in [4.78, 5) is 4.11. The van der Waals surface area contributed by atoms with Crippen LogP contribution in [0, 0.1) is 6.92 Å². The van der Waals surface area contributed by atoms with E-state index in [0.29, 0.717) is 17.8 Å². The molecule has 0 bridgehead atoms. The van der Waals surface area contributed by atoms with Crippen LogP contribution in [-0.2, 0) is 16.6 Å². The first-order valence-corrected chi connectivity index (χ1v) is 7.23. The third kappa shape index (κ3) is 3.10. The fourth-order valence-corrected chi connectivity index (χ4v) is 3.04. The van der Waals surface area contributed by atoms with E-state index in [9.17, 15) is 8.42 Å². The Morgan fingerprint density at radius 1 is 1.32 bits per heavy atom. The van der Waals surface area contributed by atoms with Gasteiger partial charge in [0.05, 0.1) is 16.8 Å². The van der Waals surface area contributed by atoms with Gasteiger partial charge in [-0.3, -0.25) is 9.71 Å². The van der Waals surface area contributed by atoms with E-state index in [2.05, 4.69) is 9.71 Å². The van der Waals surface area contributed by atoms with E-state index >= 15 is 0 Å². The number of nitrogens with one attached hydrogen (secondary N) is 1. The number of benzene rings is 1. The maximum absolute atomic E-state index is 12.3. The van der Waals surface area contributed by atoms with Crippen molar-refractivity contribution in [2.75, 3.05) is 4.72 Å². The molecule has 0 spiro atoms. The van der Waals surface area contributed by atoms with E-state index in [1.807, 2.05) is 0 Å². The molecule has 6 heteroatoms. The van der Waals surface area contributed by atoms with Crippen molar-refractivity contribution in [2.24, 2.45) is 5.73 Å². The predicted molar refractivity (Wildman–Crippen MR) is 74.1 cm³/mol. The van der Waals surface area contributed by atoms with Gasteiger partial charge < -0.3 is 5.73 Å². The predicted octanol–water partition coefficient (Wildman–Crippen LogP) is 1.65. The van der Waals surface area contributed by atoms with E-state index in [4.69, 9.17) is 5.73 Å². The molecule has 0 amide bonds. The van der Waals surface area contributed by atoms with Crippen molar-refractivity contribution >= 4 is 15.7 Å². The summed E-state index contributed by atoms with van der Waals surface area (Å²) in [6.45, 7) is 2.13. The molecule has 19 heavy (non-hydrogen) atoms.